The van der Waals surface area contributed by atoms with Crippen LogP contribution in [0.25, 0.3) is 11.3 Å². The Labute approximate surface area is 219 Å². The summed E-state index contributed by atoms with van der Waals surface area (Å²) in [5.41, 5.74) is 4.77. The van der Waals surface area contributed by atoms with Gasteiger partial charge in [-0.15, -0.1) is 0 Å². The van der Waals surface area contributed by atoms with E-state index in [2.05, 4.69) is 40.2 Å². The van der Waals surface area contributed by atoms with Crippen LogP contribution in [-0.2, 0) is 22.3 Å². The number of nitrogens with zero attached hydrogens (tertiary/aromatic N) is 4. The second kappa shape index (κ2) is 12.8. The SMILES string of the molecule is N#Cc1cc(-c2ccnc(Cc3cccc(CCCN4CCOCC4)c3)n2)ccc1OC1CCOCC1. The maximum Gasteiger partial charge on any atom is 0.137 e. The van der Waals surface area contributed by atoms with E-state index >= 15 is 0 Å². The Hall–Kier alpha value is -3.31. The number of aryl methyl sites for hydroxylation is 1. The Morgan fingerprint density at radius 3 is 2.62 bits per heavy atom. The number of morpholine rings is 1. The van der Waals surface area contributed by atoms with Gasteiger partial charge < -0.3 is 14.2 Å². The Morgan fingerprint density at radius 1 is 0.973 bits per heavy atom. The topological polar surface area (TPSA) is 80.5 Å². The summed E-state index contributed by atoms with van der Waals surface area (Å²) < 4.78 is 16.9. The number of ether oxygens (including phenoxy) is 3. The van der Waals surface area contributed by atoms with Crippen LogP contribution in [0.1, 0.15) is 41.8 Å². The van der Waals surface area contributed by atoms with Crippen LogP contribution < -0.4 is 4.74 Å². The minimum Gasteiger partial charge on any atom is -0.489 e. The largest absolute Gasteiger partial charge is 0.489 e. The molecule has 0 radical (unpaired) electrons. The maximum absolute atomic E-state index is 9.73. The lowest BCUT2D eigenvalue weighted by Gasteiger charge is -2.26. The molecule has 2 fully saturated rings. The summed E-state index contributed by atoms with van der Waals surface area (Å²) in [6.45, 7) is 6.28. The normalized spacial score (nSPS) is 16.8. The van der Waals surface area contributed by atoms with E-state index in [9.17, 15) is 5.26 Å². The van der Waals surface area contributed by atoms with E-state index in [4.69, 9.17) is 19.2 Å². The van der Waals surface area contributed by atoms with E-state index in [1.165, 1.54) is 11.1 Å². The van der Waals surface area contributed by atoms with Crippen molar-refractivity contribution in [1.29, 1.82) is 5.26 Å². The molecule has 0 spiro atoms. The van der Waals surface area contributed by atoms with Crippen molar-refractivity contribution in [3.8, 4) is 23.1 Å². The molecule has 0 N–H and O–H groups in total. The van der Waals surface area contributed by atoms with Crippen LogP contribution >= 0.6 is 0 Å². The highest BCUT2D eigenvalue weighted by Gasteiger charge is 2.18. The molecule has 0 bridgehead atoms. The Kier molecular flexibility index (Phi) is 8.75. The van der Waals surface area contributed by atoms with Gasteiger partial charge in [-0.25, -0.2) is 9.97 Å². The number of aromatic nitrogens is 2. The first-order chi connectivity index (χ1) is 18.3. The fourth-order valence-corrected chi connectivity index (χ4v) is 4.91. The summed E-state index contributed by atoms with van der Waals surface area (Å²) >= 11 is 0. The third-order valence-corrected chi connectivity index (χ3v) is 6.96. The standard InChI is InChI=1S/C30H34N4O3/c31-22-26-21-25(6-7-29(26)37-27-9-15-35-16-10-27)28-8-11-32-30(33-28)20-24-4-1-3-23(19-24)5-2-12-34-13-17-36-18-14-34/h1,3-4,6-8,11,19,21,27H,2,5,9-10,12-18,20H2. The first-order valence-electron chi connectivity index (χ1n) is 13.3. The molecule has 0 atom stereocenters. The van der Waals surface area contributed by atoms with E-state index < -0.39 is 0 Å². The minimum absolute atomic E-state index is 0.0903. The predicted molar refractivity (Wildman–Crippen MR) is 141 cm³/mol. The van der Waals surface area contributed by atoms with Crippen molar-refractivity contribution in [3.63, 3.8) is 0 Å². The van der Waals surface area contributed by atoms with Crippen LogP contribution in [0.4, 0.5) is 0 Å². The van der Waals surface area contributed by atoms with Crippen molar-refractivity contribution >= 4 is 0 Å². The van der Waals surface area contributed by atoms with Gasteiger partial charge in [0.2, 0.25) is 0 Å². The average Bonchev–Trinajstić information content (AvgIpc) is 2.95. The highest BCUT2D eigenvalue weighted by molar-refractivity contribution is 5.64. The van der Waals surface area contributed by atoms with Crippen LogP contribution in [0.2, 0.25) is 0 Å². The molecule has 3 heterocycles. The van der Waals surface area contributed by atoms with Crippen LogP contribution in [0, 0.1) is 11.3 Å². The average molecular weight is 499 g/mol. The summed E-state index contributed by atoms with van der Waals surface area (Å²) in [4.78, 5) is 11.8. The molecule has 37 heavy (non-hydrogen) atoms. The molecule has 0 amide bonds. The summed E-state index contributed by atoms with van der Waals surface area (Å²) in [6, 6.07) is 18.6. The first-order valence-corrected chi connectivity index (χ1v) is 13.3. The lowest BCUT2D eigenvalue weighted by atomic mass is 10.0. The zero-order valence-corrected chi connectivity index (χ0v) is 21.3. The van der Waals surface area contributed by atoms with E-state index in [1.54, 1.807) is 6.20 Å². The quantitative estimate of drug-likeness (QED) is 0.432. The van der Waals surface area contributed by atoms with E-state index in [0.29, 0.717) is 30.9 Å². The van der Waals surface area contributed by atoms with Crippen LogP contribution in [0.15, 0.2) is 54.7 Å². The summed E-state index contributed by atoms with van der Waals surface area (Å²) in [6.07, 6.45) is 6.45. The highest BCUT2D eigenvalue weighted by atomic mass is 16.5. The third kappa shape index (κ3) is 7.14. The molecular formula is C30H34N4O3. The van der Waals surface area contributed by atoms with Crippen LogP contribution in [-0.4, -0.2) is 67.0 Å². The van der Waals surface area contributed by atoms with Gasteiger partial charge in [0.1, 0.15) is 23.7 Å². The van der Waals surface area contributed by atoms with Crippen LogP contribution in [0.5, 0.6) is 5.75 Å². The molecule has 2 aliphatic heterocycles. The van der Waals surface area contributed by atoms with Crippen molar-refractivity contribution in [2.24, 2.45) is 0 Å². The zero-order chi connectivity index (χ0) is 25.3. The number of hydrogen-bond donors (Lipinski definition) is 0. The number of benzene rings is 2. The Morgan fingerprint density at radius 2 is 1.78 bits per heavy atom. The lowest BCUT2D eigenvalue weighted by molar-refractivity contribution is 0.0254. The first kappa shape index (κ1) is 25.3. The Balaban J connectivity index is 1.22. The number of rotatable bonds is 9. The fraction of sp³-hybridized carbons (Fsp3) is 0.433. The summed E-state index contributed by atoms with van der Waals surface area (Å²) in [5, 5.41) is 9.73. The van der Waals surface area contributed by atoms with Gasteiger partial charge in [-0.3, -0.25) is 4.90 Å². The second-order valence-corrected chi connectivity index (χ2v) is 9.66. The number of nitriles is 1. The van der Waals surface area contributed by atoms with Crippen molar-refractivity contribution < 1.29 is 14.2 Å². The molecule has 2 saturated heterocycles. The molecule has 0 aliphatic carbocycles. The van der Waals surface area contributed by atoms with Gasteiger partial charge in [-0.1, -0.05) is 24.3 Å². The molecule has 7 nitrogen and oxygen atoms in total. The predicted octanol–water partition coefficient (Wildman–Crippen LogP) is 4.43. The fourth-order valence-electron chi connectivity index (χ4n) is 4.91. The van der Waals surface area contributed by atoms with Crippen molar-refractivity contribution in [3.05, 3.63) is 77.2 Å². The number of hydrogen-bond acceptors (Lipinski definition) is 7. The van der Waals surface area contributed by atoms with Crippen molar-refractivity contribution in [2.45, 2.75) is 38.2 Å². The molecule has 3 aromatic rings. The van der Waals surface area contributed by atoms with Crippen molar-refractivity contribution in [2.75, 3.05) is 46.1 Å². The highest BCUT2D eigenvalue weighted by Crippen LogP contribution is 2.27. The maximum atomic E-state index is 9.73. The van der Waals surface area contributed by atoms with Gasteiger partial charge in [-0.05, 0) is 54.8 Å². The van der Waals surface area contributed by atoms with Gasteiger partial charge in [0, 0.05) is 44.1 Å². The molecule has 192 valence electrons. The molecule has 1 aromatic heterocycles. The van der Waals surface area contributed by atoms with Crippen molar-refractivity contribution in [1.82, 2.24) is 14.9 Å². The molecule has 0 unspecified atom stereocenters. The smallest absolute Gasteiger partial charge is 0.137 e. The molecule has 7 heteroatoms. The molecule has 2 aliphatic rings. The molecule has 5 rings (SSSR count). The zero-order valence-electron chi connectivity index (χ0n) is 21.3. The molecule has 0 saturated carbocycles. The van der Waals surface area contributed by atoms with Gasteiger partial charge >= 0.3 is 0 Å². The van der Waals surface area contributed by atoms with Gasteiger partial charge in [-0.2, -0.15) is 5.26 Å². The Bertz CT molecular complexity index is 1210. The lowest BCUT2D eigenvalue weighted by Crippen LogP contribution is -2.36. The van der Waals surface area contributed by atoms with E-state index in [1.807, 2.05) is 24.3 Å². The van der Waals surface area contributed by atoms with Gasteiger partial charge in [0.05, 0.1) is 37.7 Å². The van der Waals surface area contributed by atoms with E-state index in [0.717, 1.165) is 75.6 Å². The summed E-state index contributed by atoms with van der Waals surface area (Å²) in [7, 11) is 0. The van der Waals surface area contributed by atoms with Crippen LogP contribution in [0.3, 0.4) is 0 Å². The molecular weight excluding hydrogens is 464 g/mol. The summed E-state index contributed by atoms with van der Waals surface area (Å²) in [5.74, 6) is 1.39. The van der Waals surface area contributed by atoms with Gasteiger partial charge in [0.15, 0.2) is 0 Å². The van der Waals surface area contributed by atoms with Gasteiger partial charge in [0.25, 0.3) is 0 Å². The monoisotopic (exact) mass is 498 g/mol. The molecule has 2 aromatic carbocycles. The minimum atomic E-state index is 0.0903. The second-order valence-electron chi connectivity index (χ2n) is 9.66. The van der Waals surface area contributed by atoms with E-state index in [-0.39, 0.29) is 6.10 Å². The third-order valence-electron chi connectivity index (χ3n) is 6.96.